The number of hydrogen-bond acceptors (Lipinski definition) is 4. The van der Waals surface area contributed by atoms with Crippen molar-refractivity contribution in [3.63, 3.8) is 0 Å². The minimum atomic E-state index is -1.90. The molecule has 0 saturated carbocycles. The molecule has 2 aromatic rings. The lowest BCUT2D eigenvalue weighted by molar-refractivity contribution is 0.512. The molecule has 0 spiro atoms. The highest BCUT2D eigenvalue weighted by atomic mass is 32.2. The number of benzene rings is 1. The van der Waals surface area contributed by atoms with Crippen molar-refractivity contribution in [1.82, 2.24) is 14.8 Å². The Morgan fingerprint density at radius 2 is 1.95 bits per heavy atom. The molecule has 0 fully saturated rings. The number of aromatic nitrogens is 3. The lowest BCUT2D eigenvalue weighted by Gasteiger charge is -2.10. The van der Waals surface area contributed by atoms with Crippen molar-refractivity contribution >= 4 is 16.5 Å². The van der Waals surface area contributed by atoms with Crippen molar-refractivity contribution in [1.29, 1.82) is 0 Å². The molecule has 20 heavy (non-hydrogen) atoms. The summed E-state index contributed by atoms with van der Waals surface area (Å²) in [5, 5.41) is 3.99. The Bertz CT molecular complexity index is 634. The number of rotatable bonds is 4. The fraction of sp³-hybridized carbons (Fsp3) is 0.333. The van der Waals surface area contributed by atoms with Crippen LogP contribution in [0, 0.1) is 11.6 Å². The lowest BCUT2D eigenvalue weighted by atomic mass is 10.3. The second-order valence-corrected chi connectivity index (χ2v) is 5.91. The molecule has 0 amide bonds. The predicted molar refractivity (Wildman–Crippen MR) is 71.3 cm³/mol. The fourth-order valence-electron chi connectivity index (χ4n) is 1.80. The molecule has 0 radical (unpaired) electrons. The molecule has 1 aromatic carbocycles. The van der Waals surface area contributed by atoms with Crippen LogP contribution in [0.1, 0.15) is 25.7 Å². The Morgan fingerprint density at radius 3 is 2.50 bits per heavy atom. The van der Waals surface area contributed by atoms with Gasteiger partial charge in [-0.3, -0.25) is 4.21 Å². The second-order valence-electron chi connectivity index (χ2n) is 4.52. The maximum atomic E-state index is 13.7. The third-order valence-electron chi connectivity index (χ3n) is 2.64. The van der Waals surface area contributed by atoms with Crippen LogP contribution in [-0.2, 0) is 16.6 Å². The largest absolute Gasteiger partial charge is 0.399 e. The van der Waals surface area contributed by atoms with Gasteiger partial charge in [0, 0.05) is 11.7 Å². The Labute approximate surface area is 117 Å². The summed E-state index contributed by atoms with van der Waals surface area (Å²) in [6.07, 6.45) is 1.32. The number of nitrogens with zero attached hydrogens (tertiary/aromatic N) is 3. The molecule has 0 saturated heterocycles. The highest BCUT2D eigenvalue weighted by molar-refractivity contribution is 7.84. The van der Waals surface area contributed by atoms with E-state index in [0.717, 1.165) is 12.1 Å². The van der Waals surface area contributed by atoms with Gasteiger partial charge in [0.25, 0.3) is 0 Å². The lowest BCUT2D eigenvalue weighted by Crippen LogP contribution is -2.12. The first-order chi connectivity index (χ1) is 9.40. The summed E-state index contributed by atoms with van der Waals surface area (Å²) < 4.78 is 41.1. The van der Waals surface area contributed by atoms with Gasteiger partial charge in [-0.05, 0) is 26.0 Å². The van der Waals surface area contributed by atoms with E-state index in [9.17, 15) is 13.0 Å². The molecular formula is C12H14F2N4OS. The van der Waals surface area contributed by atoms with E-state index < -0.39 is 27.3 Å². The van der Waals surface area contributed by atoms with Crippen molar-refractivity contribution < 1.29 is 13.0 Å². The number of halogens is 2. The average Bonchev–Trinajstić information content (AvgIpc) is 2.75. The van der Waals surface area contributed by atoms with Crippen LogP contribution in [0.3, 0.4) is 0 Å². The topological polar surface area (TPSA) is 73.8 Å². The van der Waals surface area contributed by atoms with Gasteiger partial charge in [0.05, 0.1) is 16.6 Å². The standard InChI is InChI=1S/C12H14F2N4OS/c1-7(2)18-11(16-6-17-18)5-20(19)12-9(13)3-8(15)4-10(12)14/h3-4,6-7H,5,15H2,1-2H3. The predicted octanol–water partition coefficient (Wildman–Crippen LogP) is 2.03. The molecule has 0 aliphatic heterocycles. The minimum Gasteiger partial charge on any atom is -0.399 e. The highest BCUT2D eigenvalue weighted by Gasteiger charge is 2.20. The summed E-state index contributed by atoms with van der Waals surface area (Å²) in [5.41, 5.74) is 5.27. The molecule has 2 rings (SSSR count). The van der Waals surface area contributed by atoms with Gasteiger partial charge < -0.3 is 5.73 Å². The molecular weight excluding hydrogens is 286 g/mol. The van der Waals surface area contributed by atoms with Gasteiger partial charge in [-0.25, -0.2) is 18.4 Å². The van der Waals surface area contributed by atoms with Crippen LogP contribution < -0.4 is 5.73 Å². The zero-order chi connectivity index (χ0) is 14.9. The van der Waals surface area contributed by atoms with Gasteiger partial charge in [0.1, 0.15) is 28.7 Å². The summed E-state index contributed by atoms with van der Waals surface area (Å²) in [4.78, 5) is 3.48. The molecule has 0 aliphatic carbocycles. The van der Waals surface area contributed by atoms with E-state index in [-0.39, 0.29) is 17.5 Å². The summed E-state index contributed by atoms with van der Waals surface area (Å²) in [6.45, 7) is 3.76. The molecule has 5 nitrogen and oxygen atoms in total. The fourth-order valence-corrected chi connectivity index (χ4v) is 2.93. The molecule has 108 valence electrons. The van der Waals surface area contributed by atoms with Crippen LogP contribution in [0.5, 0.6) is 0 Å². The molecule has 1 aromatic heterocycles. The van der Waals surface area contributed by atoms with E-state index >= 15 is 0 Å². The van der Waals surface area contributed by atoms with E-state index in [1.165, 1.54) is 6.33 Å². The van der Waals surface area contributed by atoms with Crippen molar-refractivity contribution in [2.24, 2.45) is 0 Å². The molecule has 2 N–H and O–H groups in total. The van der Waals surface area contributed by atoms with E-state index in [4.69, 9.17) is 5.73 Å². The van der Waals surface area contributed by atoms with Gasteiger partial charge in [-0.1, -0.05) is 0 Å². The summed E-state index contributed by atoms with van der Waals surface area (Å²) in [5.74, 6) is -1.54. The smallest absolute Gasteiger partial charge is 0.144 e. The van der Waals surface area contributed by atoms with Crippen LogP contribution in [0.25, 0.3) is 0 Å². The van der Waals surface area contributed by atoms with Crippen LogP contribution in [0.2, 0.25) is 0 Å². The normalized spacial score (nSPS) is 12.8. The van der Waals surface area contributed by atoms with E-state index in [1.54, 1.807) is 4.68 Å². The number of hydrogen-bond donors (Lipinski definition) is 1. The third kappa shape index (κ3) is 2.84. The first kappa shape index (κ1) is 14.6. The minimum absolute atomic E-state index is 0.0191. The Morgan fingerprint density at radius 1 is 1.35 bits per heavy atom. The monoisotopic (exact) mass is 300 g/mol. The Kier molecular flexibility index (Phi) is 4.12. The summed E-state index contributed by atoms with van der Waals surface area (Å²) in [7, 11) is -1.90. The van der Waals surface area contributed by atoms with Gasteiger partial charge in [-0.15, -0.1) is 0 Å². The zero-order valence-corrected chi connectivity index (χ0v) is 11.8. The Balaban J connectivity index is 2.31. The molecule has 0 aliphatic rings. The average molecular weight is 300 g/mol. The van der Waals surface area contributed by atoms with Crippen molar-refractivity contribution in [3.8, 4) is 0 Å². The number of nitrogen functional groups attached to an aromatic ring is 1. The van der Waals surface area contributed by atoms with Crippen LogP contribution >= 0.6 is 0 Å². The molecule has 1 heterocycles. The van der Waals surface area contributed by atoms with Gasteiger partial charge >= 0.3 is 0 Å². The third-order valence-corrected chi connectivity index (χ3v) is 4.01. The maximum Gasteiger partial charge on any atom is 0.144 e. The van der Waals surface area contributed by atoms with Crippen LogP contribution in [-0.4, -0.2) is 19.0 Å². The van der Waals surface area contributed by atoms with Gasteiger partial charge in [-0.2, -0.15) is 5.10 Å². The second kappa shape index (κ2) is 5.66. The summed E-state index contributed by atoms with van der Waals surface area (Å²) in [6, 6.07) is 1.91. The molecule has 1 unspecified atom stereocenters. The highest BCUT2D eigenvalue weighted by Crippen LogP contribution is 2.22. The van der Waals surface area contributed by atoms with Crippen molar-refractivity contribution in [3.05, 3.63) is 35.9 Å². The zero-order valence-electron chi connectivity index (χ0n) is 11.0. The van der Waals surface area contributed by atoms with Crippen LogP contribution in [0.4, 0.5) is 14.5 Å². The van der Waals surface area contributed by atoms with Crippen LogP contribution in [0.15, 0.2) is 23.4 Å². The number of anilines is 1. The molecule has 1 atom stereocenters. The van der Waals surface area contributed by atoms with E-state index in [0.29, 0.717) is 5.82 Å². The van der Waals surface area contributed by atoms with E-state index in [1.807, 2.05) is 13.8 Å². The first-order valence-electron chi connectivity index (χ1n) is 5.91. The molecule has 8 heteroatoms. The molecule has 0 bridgehead atoms. The van der Waals surface area contributed by atoms with E-state index in [2.05, 4.69) is 10.1 Å². The SMILES string of the molecule is CC(C)n1ncnc1CS(=O)c1c(F)cc(N)cc1F. The van der Waals surface area contributed by atoms with Gasteiger partial charge in [0.15, 0.2) is 0 Å². The van der Waals surface area contributed by atoms with Crippen molar-refractivity contribution in [2.45, 2.75) is 30.5 Å². The Hall–Kier alpha value is -1.83. The first-order valence-corrected chi connectivity index (χ1v) is 7.23. The summed E-state index contributed by atoms with van der Waals surface area (Å²) >= 11 is 0. The van der Waals surface area contributed by atoms with Crippen molar-refractivity contribution in [2.75, 3.05) is 5.73 Å². The number of nitrogens with two attached hydrogens (primary N) is 1. The quantitative estimate of drug-likeness (QED) is 0.877. The maximum absolute atomic E-state index is 13.7. The van der Waals surface area contributed by atoms with Gasteiger partial charge in [0.2, 0.25) is 0 Å².